The van der Waals surface area contributed by atoms with Gasteiger partial charge < -0.3 is 15.4 Å². The summed E-state index contributed by atoms with van der Waals surface area (Å²) in [7, 11) is 1.73. The number of anilines is 2. The van der Waals surface area contributed by atoms with E-state index in [1.165, 1.54) is 0 Å². The maximum Gasteiger partial charge on any atom is 0.226 e. The van der Waals surface area contributed by atoms with Gasteiger partial charge in [-0.2, -0.15) is 0 Å². The van der Waals surface area contributed by atoms with Gasteiger partial charge in [0, 0.05) is 30.9 Å². The van der Waals surface area contributed by atoms with E-state index in [-0.39, 0.29) is 17.4 Å². The molecule has 1 aromatic rings. The van der Waals surface area contributed by atoms with E-state index in [2.05, 4.69) is 24.5 Å². The molecular formula is C16H26N2O2. The molecule has 0 saturated carbocycles. The van der Waals surface area contributed by atoms with Crippen molar-refractivity contribution in [3.8, 4) is 0 Å². The van der Waals surface area contributed by atoms with E-state index >= 15 is 0 Å². The molecule has 0 aliphatic heterocycles. The SMILES string of the molecule is COC(C)(C)CCNc1ccc(NC(=O)C(C)C)cc1. The van der Waals surface area contributed by atoms with Crippen molar-refractivity contribution in [2.24, 2.45) is 5.92 Å². The van der Waals surface area contributed by atoms with Gasteiger partial charge in [0.2, 0.25) is 5.91 Å². The van der Waals surface area contributed by atoms with E-state index in [4.69, 9.17) is 4.74 Å². The number of ether oxygens (including phenoxy) is 1. The molecule has 0 aliphatic carbocycles. The predicted octanol–water partition coefficient (Wildman–Crippen LogP) is 3.51. The van der Waals surface area contributed by atoms with Gasteiger partial charge in [-0.25, -0.2) is 0 Å². The lowest BCUT2D eigenvalue weighted by Gasteiger charge is -2.23. The zero-order valence-corrected chi connectivity index (χ0v) is 13.1. The first-order valence-electron chi connectivity index (χ1n) is 7.04. The second kappa shape index (κ2) is 7.29. The lowest BCUT2D eigenvalue weighted by molar-refractivity contribution is -0.118. The Bertz CT molecular complexity index is 425. The van der Waals surface area contributed by atoms with Crippen LogP contribution >= 0.6 is 0 Å². The van der Waals surface area contributed by atoms with Gasteiger partial charge in [-0.15, -0.1) is 0 Å². The van der Waals surface area contributed by atoms with Crippen molar-refractivity contribution in [3.05, 3.63) is 24.3 Å². The molecule has 0 spiro atoms. The minimum atomic E-state index is -0.113. The Morgan fingerprint density at radius 2 is 1.75 bits per heavy atom. The van der Waals surface area contributed by atoms with Crippen LogP contribution in [0.15, 0.2) is 24.3 Å². The summed E-state index contributed by atoms with van der Waals surface area (Å²) in [4.78, 5) is 11.6. The molecule has 0 heterocycles. The largest absolute Gasteiger partial charge is 0.385 e. The van der Waals surface area contributed by atoms with Crippen LogP contribution in [0.4, 0.5) is 11.4 Å². The van der Waals surface area contributed by atoms with Gasteiger partial charge >= 0.3 is 0 Å². The van der Waals surface area contributed by atoms with Gasteiger partial charge in [-0.1, -0.05) is 13.8 Å². The van der Waals surface area contributed by atoms with Gasteiger partial charge in [0.1, 0.15) is 0 Å². The van der Waals surface area contributed by atoms with E-state index in [0.29, 0.717) is 0 Å². The average molecular weight is 278 g/mol. The summed E-state index contributed by atoms with van der Waals surface area (Å²) in [5.74, 6) is 0.0247. The first-order valence-corrected chi connectivity index (χ1v) is 7.04. The summed E-state index contributed by atoms with van der Waals surface area (Å²) in [6, 6.07) is 7.75. The van der Waals surface area contributed by atoms with E-state index in [1.807, 2.05) is 38.1 Å². The first-order chi connectivity index (χ1) is 9.34. The molecule has 0 bridgehead atoms. The standard InChI is InChI=1S/C16H26N2O2/c1-12(2)15(19)18-14-8-6-13(7-9-14)17-11-10-16(3,4)20-5/h6-9,12,17H,10-11H2,1-5H3,(H,18,19). The Kier molecular flexibility index (Phi) is 6.02. The summed E-state index contributed by atoms with van der Waals surface area (Å²) in [5, 5.41) is 6.22. The van der Waals surface area contributed by atoms with E-state index in [0.717, 1.165) is 24.3 Å². The van der Waals surface area contributed by atoms with Crippen LogP contribution in [-0.2, 0) is 9.53 Å². The summed E-state index contributed by atoms with van der Waals surface area (Å²) >= 11 is 0. The molecule has 0 atom stereocenters. The molecule has 112 valence electrons. The van der Waals surface area contributed by atoms with Gasteiger partial charge in [0.05, 0.1) is 5.60 Å². The van der Waals surface area contributed by atoms with Crippen molar-refractivity contribution in [3.63, 3.8) is 0 Å². The van der Waals surface area contributed by atoms with Crippen LogP contribution in [0.3, 0.4) is 0 Å². The quantitative estimate of drug-likeness (QED) is 0.802. The topological polar surface area (TPSA) is 50.4 Å². The van der Waals surface area contributed by atoms with Crippen molar-refractivity contribution < 1.29 is 9.53 Å². The van der Waals surface area contributed by atoms with Crippen molar-refractivity contribution in [1.82, 2.24) is 0 Å². The number of nitrogens with one attached hydrogen (secondary N) is 2. The van der Waals surface area contributed by atoms with Crippen molar-refractivity contribution in [1.29, 1.82) is 0 Å². The number of benzene rings is 1. The predicted molar refractivity (Wildman–Crippen MR) is 84.1 cm³/mol. The zero-order valence-electron chi connectivity index (χ0n) is 13.1. The second-order valence-electron chi connectivity index (χ2n) is 5.86. The Morgan fingerprint density at radius 1 is 1.20 bits per heavy atom. The average Bonchev–Trinajstić information content (AvgIpc) is 2.40. The monoisotopic (exact) mass is 278 g/mol. The highest BCUT2D eigenvalue weighted by molar-refractivity contribution is 5.92. The van der Waals surface area contributed by atoms with E-state index in [9.17, 15) is 4.79 Å². The van der Waals surface area contributed by atoms with Crippen LogP contribution in [-0.4, -0.2) is 25.2 Å². The number of hydrogen-bond donors (Lipinski definition) is 2. The molecule has 20 heavy (non-hydrogen) atoms. The maximum atomic E-state index is 11.6. The number of carbonyl (C=O) groups excluding carboxylic acids is 1. The minimum absolute atomic E-state index is 0.0101. The second-order valence-corrected chi connectivity index (χ2v) is 5.86. The molecule has 1 rings (SSSR count). The number of hydrogen-bond acceptors (Lipinski definition) is 3. The summed E-state index contributed by atoms with van der Waals surface area (Å²) in [6.07, 6.45) is 0.926. The molecule has 2 N–H and O–H groups in total. The van der Waals surface area contributed by atoms with Crippen molar-refractivity contribution in [2.45, 2.75) is 39.7 Å². The molecular weight excluding hydrogens is 252 g/mol. The fraction of sp³-hybridized carbons (Fsp3) is 0.562. The fourth-order valence-electron chi connectivity index (χ4n) is 1.57. The molecule has 0 radical (unpaired) electrons. The molecule has 1 amide bonds. The molecule has 0 fully saturated rings. The summed E-state index contributed by atoms with van der Waals surface area (Å²) in [5.41, 5.74) is 1.75. The molecule has 0 unspecified atom stereocenters. The molecule has 4 nitrogen and oxygen atoms in total. The Labute approximate surface area is 121 Å². The van der Waals surface area contributed by atoms with Gasteiger partial charge in [-0.05, 0) is 44.5 Å². The highest BCUT2D eigenvalue weighted by Gasteiger charge is 2.15. The third-order valence-corrected chi connectivity index (χ3v) is 3.29. The third-order valence-electron chi connectivity index (χ3n) is 3.29. The molecule has 4 heteroatoms. The minimum Gasteiger partial charge on any atom is -0.385 e. The van der Waals surface area contributed by atoms with Crippen molar-refractivity contribution >= 4 is 17.3 Å². The maximum absolute atomic E-state index is 11.6. The molecule has 0 aliphatic rings. The van der Waals surface area contributed by atoms with Crippen LogP contribution in [0.25, 0.3) is 0 Å². The first kappa shape index (κ1) is 16.5. The molecule has 0 saturated heterocycles. The normalized spacial score (nSPS) is 11.5. The Balaban J connectivity index is 2.45. The number of amides is 1. The lowest BCUT2D eigenvalue weighted by atomic mass is 10.1. The smallest absolute Gasteiger partial charge is 0.226 e. The number of methoxy groups -OCH3 is 1. The van der Waals surface area contributed by atoms with Gasteiger partial charge in [0.15, 0.2) is 0 Å². The lowest BCUT2D eigenvalue weighted by Crippen LogP contribution is -2.25. The van der Waals surface area contributed by atoms with Crippen LogP contribution in [0, 0.1) is 5.92 Å². The number of rotatable bonds is 7. The van der Waals surface area contributed by atoms with E-state index in [1.54, 1.807) is 7.11 Å². The van der Waals surface area contributed by atoms with Crippen LogP contribution in [0.5, 0.6) is 0 Å². The zero-order chi connectivity index (χ0) is 15.2. The molecule has 0 aromatic heterocycles. The highest BCUT2D eigenvalue weighted by atomic mass is 16.5. The Hall–Kier alpha value is -1.55. The Morgan fingerprint density at radius 3 is 2.25 bits per heavy atom. The van der Waals surface area contributed by atoms with E-state index < -0.39 is 0 Å². The molecule has 1 aromatic carbocycles. The van der Waals surface area contributed by atoms with Crippen molar-refractivity contribution in [2.75, 3.05) is 24.3 Å². The van der Waals surface area contributed by atoms with Crippen LogP contribution in [0.1, 0.15) is 34.1 Å². The summed E-state index contributed by atoms with van der Waals surface area (Å²) < 4.78 is 5.37. The number of carbonyl (C=O) groups is 1. The van der Waals surface area contributed by atoms with Gasteiger partial charge in [-0.3, -0.25) is 4.79 Å². The third kappa shape index (κ3) is 5.61. The fourth-order valence-corrected chi connectivity index (χ4v) is 1.57. The highest BCUT2D eigenvalue weighted by Crippen LogP contribution is 2.16. The van der Waals surface area contributed by atoms with Crippen LogP contribution in [0.2, 0.25) is 0 Å². The van der Waals surface area contributed by atoms with Crippen LogP contribution < -0.4 is 10.6 Å². The summed E-state index contributed by atoms with van der Waals surface area (Å²) in [6.45, 7) is 8.74. The van der Waals surface area contributed by atoms with Gasteiger partial charge in [0.25, 0.3) is 0 Å².